The topological polar surface area (TPSA) is 111 Å². The van der Waals surface area contributed by atoms with Crippen LogP contribution in [0.4, 0.5) is 26.3 Å². The Labute approximate surface area is 226 Å². The molecule has 9 nitrogen and oxygen atoms in total. The Morgan fingerprint density at radius 1 is 1.12 bits per heavy atom. The van der Waals surface area contributed by atoms with Gasteiger partial charge in [0.05, 0.1) is 28.7 Å². The second-order valence-corrected chi connectivity index (χ2v) is 10.1. The number of nitrogens with zero attached hydrogens (tertiary/aromatic N) is 4. The number of halogens is 6. The van der Waals surface area contributed by atoms with E-state index in [1.54, 1.807) is 4.57 Å². The minimum atomic E-state index is -5.20. The molecule has 2 aromatic heterocycles. The second-order valence-electron chi connectivity index (χ2n) is 10.1. The molecule has 0 fully saturated rings. The first kappa shape index (κ1) is 26.8. The van der Waals surface area contributed by atoms with Crippen LogP contribution in [-0.2, 0) is 5.60 Å². The molecule has 4 aromatic rings. The summed E-state index contributed by atoms with van der Waals surface area (Å²) in [7, 11) is 0. The number of fused-ring (bicyclic) bond motifs is 9. The van der Waals surface area contributed by atoms with Gasteiger partial charge >= 0.3 is 13.0 Å². The molecule has 4 heterocycles. The molecule has 0 spiro atoms. The van der Waals surface area contributed by atoms with Gasteiger partial charge in [-0.2, -0.15) is 13.8 Å². The number of hydrogen-bond donors (Lipinski definition) is 2. The van der Waals surface area contributed by atoms with Gasteiger partial charge in [0.2, 0.25) is 5.88 Å². The summed E-state index contributed by atoms with van der Waals surface area (Å²) in [6.45, 7) is -0.668. The standard InChI is InChI=1S/C26H19F6N5O4/c1-25(2,39)23-33-9-12(22(36-23)41-26(30,31)32)11-6-16-14(7-13(11)27)34-20-15-8-17(37(16)20)19-10(21(38)35-15)4-3-5-18(19)40-24(28)29/h3-7,9,15,17,24,39H,8H2,1-2H3,(H,35,38)/t15-,17-/m1/s1. The summed E-state index contributed by atoms with van der Waals surface area (Å²) in [4.78, 5) is 25.0. The number of ether oxygens (including phenoxy) is 2. The predicted molar refractivity (Wildman–Crippen MR) is 129 cm³/mol. The molecule has 41 heavy (non-hydrogen) atoms. The number of carbonyl (C=O) groups excluding carboxylic acids is 1. The minimum absolute atomic E-state index is 0.0990. The van der Waals surface area contributed by atoms with Gasteiger partial charge in [0.25, 0.3) is 5.91 Å². The van der Waals surface area contributed by atoms with Gasteiger partial charge in [0, 0.05) is 29.0 Å². The van der Waals surface area contributed by atoms with Crippen LogP contribution in [0.5, 0.6) is 11.6 Å². The van der Waals surface area contributed by atoms with E-state index in [0.29, 0.717) is 5.82 Å². The smallest absolute Gasteiger partial charge is 0.434 e. The number of amides is 1. The van der Waals surface area contributed by atoms with Crippen LogP contribution in [0.3, 0.4) is 0 Å². The van der Waals surface area contributed by atoms with Crippen molar-refractivity contribution in [3.63, 3.8) is 0 Å². The highest BCUT2D eigenvalue weighted by Gasteiger charge is 2.43. The molecule has 0 unspecified atom stereocenters. The number of nitrogens with one attached hydrogen (secondary N) is 1. The third-order valence-corrected chi connectivity index (χ3v) is 6.86. The Morgan fingerprint density at radius 3 is 2.56 bits per heavy atom. The number of carbonyl (C=O) groups is 1. The summed E-state index contributed by atoms with van der Waals surface area (Å²) in [5, 5.41) is 13.0. The van der Waals surface area contributed by atoms with Gasteiger partial charge in [-0.1, -0.05) is 6.07 Å². The van der Waals surface area contributed by atoms with Crippen molar-refractivity contribution in [2.24, 2.45) is 0 Å². The number of rotatable bonds is 5. The molecule has 214 valence electrons. The van der Waals surface area contributed by atoms with Gasteiger partial charge in [-0.15, -0.1) is 13.2 Å². The first-order valence-corrected chi connectivity index (χ1v) is 12.2. The largest absolute Gasteiger partial charge is 0.574 e. The maximum atomic E-state index is 15.4. The molecule has 2 N–H and O–H groups in total. The first-order valence-electron chi connectivity index (χ1n) is 12.2. The van der Waals surface area contributed by atoms with Gasteiger partial charge in [0.15, 0.2) is 5.82 Å². The van der Waals surface area contributed by atoms with E-state index in [4.69, 9.17) is 4.74 Å². The molecule has 2 aromatic carbocycles. The molecular formula is C26H19F6N5O4. The van der Waals surface area contributed by atoms with Crippen molar-refractivity contribution in [3.05, 3.63) is 65.1 Å². The highest BCUT2D eigenvalue weighted by atomic mass is 19.4. The maximum absolute atomic E-state index is 15.4. The Hall–Kier alpha value is -4.40. The Kier molecular flexibility index (Phi) is 5.92. The first-order chi connectivity index (χ1) is 19.2. The number of imidazole rings is 1. The molecule has 0 aliphatic carbocycles. The zero-order valence-corrected chi connectivity index (χ0v) is 21.1. The second kappa shape index (κ2) is 9.06. The lowest BCUT2D eigenvalue weighted by Gasteiger charge is -2.21. The number of aliphatic hydroxyl groups is 1. The van der Waals surface area contributed by atoms with Crippen LogP contribution in [0.15, 0.2) is 36.5 Å². The van der Waals surface area contributed by atoms with Crippen LogP contribution >= 0.6 is 0 Å². The number of hydrogen-bond acceptors (Lipinski definition) is 7. The summed E-state index contributed by atoms with van der Waals surface area (Å²) >= 11 is 0. The van der Waals surface area contributed by atoms with E-state index < -0.39 is 59.7 Å². The molecule has 0 saturated heterocycles. The minimum Gasteiger partial charge on any atom is -0.434 e. The van der Waals surface area contributed by atoms with Crippen LogP contribution in [0.2, 0.25) is 0 Å². The van der Waals surface area contributed by atoms with Crippen LogP contribution in [0, 0.1) is 5.82 Å². The summed E-state index contributed by atoms with van der Waals surface area (Å²) < 4.78 is 92.2. The van der Waals surface area contributed by atoms with Gasteiger partial charge in [-0.05, 0) is 38.5 Å². The predicted octanol–water partition coefficient (Wildman–Crippen LogP) is 5.14. The lowest BCUT2D eigenvalue weighted by Crippen LogP contribution is -2.28. The molecule has 2 aliphatic heterocycles. The normalized spacial score (nSPS) is 18.2. The van der Waals surface area contributed by atoms with Crippen molar-refractivity contribution in [3.8, 4) is 22.8 Å². The maximum Gasteiger partial charge on any atom is 0.574 e. The lowest BCUT2D eigenvalue weighted by molar-refractivity contribution is -0.276. The third-order valence-electron chi connectivity index (χ3n) is 6.86. The molecule has 2 aliphatic rings. The average molecular weight is 579 g/mol. The van der Waals surface area contributed by atoms with Crippen LogP contribution in [0.25, 0.3) is 22.2 Å². The van der Waals surface area contributed by atoms with Gasteiger partial charge in [-0.3, -0.25) is 4.79 Å². The Balaban J connectivity index is 1.56. The number of benzene rings is 2. The van der Waals surface area contributed by atoms with Crippen LogP contribution < -0.4 is 14.8 Å². The van der Waals surface area contributed by atoms with Crippen molar-refractivity contribution in [1.82, 2.24) is 24.8 Å². The van der Waals surface area contributed by atoms with E-state index in [0.717, 1.165) is 12.3 Å². The lowest BCUT2D eigenvalue weighted by atomic mass is 9.97. The molecule has 0 radical (unpaired) electrons. The summed E-state index contributed by atoms with van der Waals surface area (Å²) in [5.74, 6) is -2.87. The zero-order chi connectivity index (χ0) is 29.4. The zero-order valence-electron chi connectivity index (χ0n) is 21.1. The van der Waals surface area contributed by atoms with Crippen molar-refractivity contribution < 1.29 is 45.7 Å². The molecule has 15 heteroatoms. The van der Waals surface area contributed by atoms with E-state index >= 15 is 4.39 Å². The molecule has 2 bridgehead atoms. The molecule has 1 amide bonds. The Morgan fingerprint density at radius 2 is 1.88 bits per heavy atom. The molecule has 2 atom stereocenters. The fraction of sp³-hybridized carbons (Fsp3) is 0.308. The van der Waals surface area contributed by atoms with Crippen molar-refractivity contribution in [2.75, 3.05) is 0 Å². The van der Waals surface area contributed by atoms with Gasteiger partial charge in [-0.25, -0.2) is 14.4 Å². The average Bonchev–Trinajstić information content (AvgIpc) is 3.33. The van der Waals surface area contributed by atoms with Crippen LogP contribution in [0.1, 0.15) is 59.9 Å². The fourth-order valence-electron chi connectivity index (χ4n) is 5.27. The van der Waals surface area contributed by atoms with Gasteiger partial charge in [0.1, 0.15) is 23.0 Å². The van der Waals surface area contributed by atoms with E-state index in [1.165, 1.54) is 38.1 Å². The van der Waals surface area contributed by atoms with E-state index in [1.807, 2.05) is 0 Å². The SMILES string of the molecule is CC(C)(O)c1ncc(-c2cc3c(cc2F)nc2n3[C@@H]3C[C@H]2NC(=O)c2cccc(OC(F)F)c23)c(OC(F)(F)F)n1. The van der Waals surface area contributed by atoms with E-state index in [-0.39, 0.29) is 39.9 Å². The van der Waals surface area contributed by atoms with Crippen molar-refractivity contribution >= 4 is 16.9 Å². The van der Waals surface area contributed by atoms with Crippen molar-refractivity contribution in [2.45, 2.75) is 50.9 Å². The quantitative estimate of drug-likeness (QED) is 0.315. The van der Waals surface area contributed by atoms with E-state index in [2.05, 4.69) is 25.0 Å². The molecular weight excluding hydrogens is 560 g/mol. The highest BCUT2D eigenvalue weighted by Crippen LogP contribution is 2.48. The summed E-state index contributed by atoms with van der Waals surface area (Å²) in [6, 6.07) is 4.93. The summed E-state index contributed by atoms with van der Waals surface area (Å²) in [6.07, 6.45) is -4.09. The Bertz CT molecular complexity index is 1720. The number of alkyl halides is 5. The molecule has 0 saturated carbocycles. The monoisotopic (exact) mass is 579 g/mol. The highest BCUT2D eigenvalue weighted by molar-refractivity contribution is 5.98. The third kappa shape index (κ3) is 4.59. The summed E-state index contributed by atoms with van der Waals surface area (Å²) in [5.41, 5.74) is -1.96. The van der Waals surface area contributed by atoms with Gasteiger partial charge < -0.3 is 24.5 Å². The van der Waals surface area contributed by atoms with Crippen LogP contribution in [-0.4, -0.2) is 43.5 Å². The van der Waals surface area contributed by atoms with Crippen molar-refractivity contribution in [1.29, 1.82) is 0 Å². The molecule has 6 rings (SSSR count). The van der Waals surface area contributed by atoms with E-state index in [9.17, 15) is 31.9 Å². The fourth-order valence-corrected chi connectivity index (χ4v) is 5.27. The number of aromatic nitrogens is 4.